The molecule has 0 fully saturated rings. The molecule has 1 aliphatic carbocycles. The summed E-state index contributed by atoms with van der Waals surface area (Å²) < 4.78 is 0. The molecule has 0 aromatic heterocycles. The van der Waals surface area contributed by atoms with E-state index in [0.717, 1.165) is 5.92 Å². The Morgan fingerprint density at radius 2 is 2.20 bits per heavy atom. The maximum atomic E-state index is 3.49. The van der Waals surface area contributed by atoms with Gasteiger partial charge in [-0.25, -0.2) is 0 Å². The Kier molecular flexibility index (Phi) is 6.00. The van der Waals surface area contributed by atoms with Crippen molar-refractivity contribution in [2.45, 2.75) is 64.8 Å². The molecule has 1 heteroatoms. The fraction of sp³-hybridized carbons (Fsp3) is 0.857. The molecule has 0 bridgehead atoms. The van der Waals surface area contributed by atoms with Gasteiger partial charge in [0, 0.05) is 6.04 Å². The van der Waals surface area contributed by atoms with E-state index in [1.165, 1.54) is 44.9 Å². The Morgan fingerprint density at radius 3 is 2.73 bits per heavy atom. The minimum Gasteiger partial charge on any atom is -0.316 e. The highest BCUT2D eigenvalue weighted by molar-refractivity contribution is 5.07. The molecule has 0 radical (unpaired) electrons. The molecule has 1 N–H and O–H groups in total. The van der Waals surface area contributed by atoms with E-state index in [1.807, 2.05) is 0 Å². The van der Waals surface area contributed by atoms with E-state index < -0.39 is 0 Å². The normalized spacial score (nSPS) is 20.9. The SMILES string of the molecule is CCCC(C)C(CC1=CCCCC1)NC. The van der Waals surface area contributed by atoms with Crippen molar-refractivity contribution in [3.8, 4) is 0 Å². The molecule has 0 aromatic rings. The lowest BCUT2D eigenvalue weighted by molar-refractivity contribution is 0.366. The molecule has 1 nitrogen and oxygen atoms in total. The highest BCUT2D eigenvalue weighted by Crippen LogP contribution is 2.24. The molecule has 15 heavy (non-hydrogen) atoms. The molecule has 0 saturated carbocycles. The van der Waals surface area contributed by atoms with Crippen molar-refractivity contribution in [3.05, 3.63) is 11.6 Å². The second-order valence-corrected chi connectivity index (χ2v) is 4.97. The summed E-state index contributed by atoms with van der Waals surface area (Å²) in [5.74, 6) is 0.808. The number of hydrogen-bond donors (Lipinski definition) is 1. The van der Waals surface area contributed by atoms with Crippen molar-refractivity contribution in [3.63, 3.8) is 0 Å². The van der Waals surface area contributed by atoms with Crippen molar-refractivity contribution < 1.29 is 0 Å². The lowest BCUT2D eigenvalue weighted by atomic mass is 9.87. The van der Waals surface area contributed by atoms with Crippen LogP contribution in [0, 0.1) is 5.92 Å². The van der Waals surface area contributed by atoms with Crippen molar-refractivity contribution in [2.75, 3.05) is 7.05 Å². The Morgan fingerprint density at radius 1 is 1.40 bits per heavy atom. The van der Waals surface area contributed by atoms with Gasteiger partial charge in [-0.05, 0) is 51.5 Å². The van der Waals surface area contributed by atoms with Gasteiger partial charge in [0.15, 0.2) is 0 Å². The van der Waals surface area contributed by atoms with Crippen LogP contribution in [-0.4, -0.2) is 13.1 Å². The summed E-state index contributed by atoms with van der Waals surface area (Å²) in [6.07, 6.45) is 11.9. The lowest BCUT2D eigenvalue weighted by Crippen LogP contribution is -2.32. The molecule has 0 aliphatic heterocycles. The first kappa shape index (κ1) is 12.8. The third kappa shape index (κ3) is 4.38. The molecule has 2 atom stereocenters. The van der Waals surface area contributed by atoms with Gasteiger partial charge in [-0.3, -0.25) is 0 Å². The van der Waals surface area contributed by atoms with Gasteiger partial charge in [0.2, 0.25) is 0 Å². The molecule has 0 spiro atoms. The molecule has 88 valence electrons. The summed E-state index contributed by atoms with van der Waals surface area (Å²) in [5, 5.41) is 3.49. The number of allylic oxidation sites excluding steroid dienone is 1. The van der Waals surface area contributed by atoms with Gasteiger partial charge < -0.3 is 5.32 Å². The first-order chi connectivity index (χ1) is 7.27. The van der Waals surface area contributed by atoms with Crippen LogP contribution >= 0.6 is 0 Å². The van der Waals surface area contributed by atoms with Gasteiger partial charge in [-0.15, -0.1) is 0 Å². The van der Waals surface area contributed by atoms with Crippen LogP contribution in [0.15, 0.2) is 11.6 Å². The number of hydrogen-bond acceptors (Lipinski definition) is 1. The minimum absolute atomic E-state index is 0.689. The standard InChI is InChI=1S/C14H27N/c1-4-8-12(2)14(15-3)11-13-9-6-5-7-10-13/h9,12,14-15H,4-8,10-11H2,1-3H3. The van der Waals surface area contributed by atoms with Gasteiger partial charge >= 0.3 is 0 Å². The molecule has 1 rings (SSSR count). The first-order valence-corrected chi connectivity index (χ1v) is 6.63. The van der Waals surface area contributed by atoms with Crippen LogP contribution in [0.4, 0.5) is 0 Å². The summed E-state index contributed by atoms with van der Waals surface area (Å²) in [5.41, 5.74) is 1.70. The lowest BCUT2D eigenvalue weighted by Gasteiger charge is -2.25. The zero-order chi connectivity index (χ0) is 11.1. The highest BCUT2D eigenvalue weighted by atomic mass is 14.9. The van der Waals surface area contributed by atoms with E-state index in [9.17, 15) is 0 Å². The smallest absolute Gasteiger partial charge is 0.0127 e. The quantitative estimate of drug-likeness (QED) is 0.654. The number of nitrogens with one attached hydrogen (secondary N) is 1. The Hall–Kier alpha value is -0.300. The average molecular weight is 209 g/mol. The van der Waals surface area contributed by atoms with Crippen molar-refractivity contribution >= 4 is 0 Å². The molecule has 0 amide bonds. The highest BCUT2D eigenvalue weighted by Gasteiger charge is 2.16. The zero-order valence-corrected chi connectivity index (χ0v) is 10.7. The maximum absolute atomic E-state index is 3.49. The molecular formula is C14H27N. The molecule has 0 aromatic carbocycles. The Bertz CT molecular complexity index is 196. The van der Waals surface area contributed by atoms with Crippen LogP contribution in [-0.2, 0) is 0 Å². The summed E-state index contributed by atoms with van der Waals surface area (Å²) in [6.45, 7) is 4.66. The summed E-state index contributed by atoms with van der Waals surface area (Å²) in [7, 11) is 2.11. The van der Waals surface area contributed by atoms with E-state index in [4.69, 9.17) is 0 Å². The van der Waals surface area contributed by atoms with Crippen LogP contribution < -0.4 is 5.32 Å². The first-order valence-electron chi connectivity index (χ1n) is 6.63. The molecule has 1 aliphatic rings. The molecule has 0 heterocycles. The molecule has 0 saturated heterocycles. The van der Waals surface area contributed by atoms with Crippen LogP contribution in [0.2, 0.25) is 0 Å². The van der Waals surface area contributed by atoms with E-state index in [2.05, 4.69) is 32.3 Å². The third-order valence-corrected chi connectivity index (χ3v) is 3.67. The van der Waals surface area contributed by atoms with E-state index in [-0.39, 0.29) is 0 Å². The van der Waals surface area contributed by atoms with Crippen molar-refractivity contribution in [2.24, 2.45) is 5.92 Å². The Labute approximate surface area is 95.3 Å². The van der Waals surface area contributed by atoms with Gasteiger partial charge in [0.1, 0.15) is 0 Å². The predicted molar refractivity (Wildman–Crippen MR) is 68.1 cm³/mol. The third-order valence-electron chi connectivity index (χ3n) is 3.67. The van der Waals surface area contributed by atoms with E-state index in [0.29, 0.717) is 6.04 Å². The van der Waals surface area contributed by atoms with Gasteiger partial charge in [0.05, 0.1) is 0 Å². The zero-order valence-electron chi connectivity index (χ0n) is 10.7. The maximum Gasteiger partial charge on any atom is 0.0127 e. The summed E-state index contributed by atoms with van der Waals surface area (Å²) in [4.78, 5) is 0. The monoisotopic (exact) mass is 209 g/mol. The van der Waals surface area contributed by atoms with E-state index in [1.54, 1.807) is 5.57 Å². The topological polar surface area (TPSA) is 12.0 Å². The van der Waals surface area contributed by atoms with Gasteiger partial charge in [-0.2, -0.15) is 0 Å². The second kappa shape index (κ2) is 7.05. The number of rotatable bonds is 6. The fourth-order valence-electron chi connectivity index (χ4n) is 2.62. The fourth-order valence-corrected chi connectivity index (χ4v) is 2.62. The second-order valence-electron chi connectivity index (χ2n) is 4.97. The molecular weight excluding hydrogens is 182 g/mol. The minimum atomic E-state index is 0.689. The van der Waals surface area contributed by atoms with Crippen molar-refractivity contribution in [1.29, 1.82) is 0 Å². The summed E-state index contributed by atoms with van der Waals surface area (Å²) in [6, 6.07) is 0.689. The van der Waals surface area contributed by atoms with Crippen LogP contribution in [0.25, 0.3) is 0 Å². The predicted octanol–water partition coefficient (Wildman–Crippen LogP) is 3.90. The van der Waals surface area contributed by atoms with Crippen LogP contribution in [0.3, 0.4) is 0 Å². The van der Waals surface area contributed by atoms with Crippen molar-refractivity contribution in [1.82, 2.24) is 5.32 Å². The Balaban J connectivity index is 2.41. The average Bonchev–Trinajstić information content (AvgIpc) is 2.27. The van der Waals surface area contributed by atoms with Crippen LogP contribution in [0.1, 0.15) is 58.8 Å². The molecule has 2 unspecified atom stereocenters. The largest absolute Gasteiger partial charge is 0.316 e. The van der Waals surface area contributed by atoms with E-state index >= 15 is 0 Å². The van der Waals surface area contributed by atoms with Crippen LogP contribution in [0.5, 0.6) is 0 Å². The van der Waals surface area contributed by atoms with Gasteiger partial charge in [-0.1, -0.05) is 31.9 Å². The van der Waals surface area contributed by atoms with Gasteiger partial charge in [0.25, 0.3) is 0 Å². The summed E-state index contributed by atoms with van der Waals surface area (Å²) >= 11 is 0.